The number of aromatic nitrogens is 1. The van der Waals surface area contributed by atoms with Crippen LogP contribution in [-0.4, -0.2) is 41.0 Å². The fourth-order valence-electron chi connectivity index (χ4n) is 3.42. The maximum absolute atomic E-state index is 12.4. The van der Waals surface area contributed by atoms with E-state index in [1.54, 1.807) is 11.3 Å². The molecule has 2 aliphatic heterocycles. The van der Waals surface area contributed by atoms with Gasteiger partial charge in [0.1, 0.15) is 0 Å². The Hall–Kier alpha value is -1.46. The molecule has 2 fully saturated rings. The van der Waals surface area contributed by atoms with Gasteiger partial charge in [-0.05, 0) is 50.4 Å². The van der Waals surface area contributed by atoms with Gasteiger partial charge in [-0.1, -0.05) is 0 Å². The molecule has 0 bridgehead atoms. The fourth-order valence-corrected chi connectivity index (χ4v) is 4.08. The lowest BCUT2D eigenvalue weighted by Gasteiger charge is -2.40. The van der Waals surface area contributed by atoms with Crippen molar-refractivity contribution in [1.29, 1.82) is 0 Å². The number of amides is 1. The van der Waals surface area contributed by atoms with Gasteiger partial charge in [-0.2, -0.15) is 0 Å². The molecule has 0 spiro atoms. The molecule has 1 amide bonds. The first-order valence-corrected chi connectivity index (χ1v) is 8.56. The van der Waals surface area contributed by atoms with Crippen LogP contribution < -0.4 is 5.32 Å². The minimum Gasteiger partial charge on any atom is -0.348 e. The number of rotatable bonds is 2. The van der Waals surface area contributed by atoms with Gasteiger partial charge in [0.2, 0.25) is 0 Å². The summed E-state index contributed by atoms with van der Waals surface area (Å²) in [5.41, 5.74) is 3.45. The predicted octanol–water partition coefficient (Wildman–Crippen LogP) is 2.65. The lowest BCUT2D eigenvalue weighted by molar-refractivity contribution is 0.0788. The third-order valence-corrected chi connectivity index (χ3v) is 5.55. The van der Waals surface area contributed by atoms with Crippen LogP contribution in [0.5, 0.6) is 0 Å². The van der Waals surface area contributed by atoms with Crippen LogP contribution in [0.4, 0.5) is 0 Å². The molecule has 1 aromatic carbocycles. The smallest absolute Gasteiger partial charge is 0.251 e. The summed E-state index contributed by atoms with van der Waals surface area (Å²) in [5.74, 6) is 0.0360. The van der Waals surface area contributed by atoms with Crippen LogP contribution in [0.1, 0.15) is 36.0 Å². The van der Waals surface area contributed by atoms with Gasteiger partial charge in [-0.3, -0.25) is 9.69 Å². The molecular formula is C16H19N3OS. The Bertz CT molecular complexity index is 668. The first kappa shape index (κ1) is 13.2. The van der Waals surface area contributed by atoms with E-state index in [-0.39, 0.29) is 11.9 Å². The number of fused-ring (bicyclic) bond motifs is 2. The first-order chi connectivity index (χ1) is 10.3. The van der Waals surface area contributed by atoms with Crippen LogP contribution in [0, 0.1) is 0 Å². The highest BCUT2D eigenvalue weighted by atomic mass is 32.1. The van der Waals surface area contributed by atoms with E-state index in [4.69, 9.17) is 0 Å². The van der Waals surface area contributed by atoms with Crippen molar-refractivity contribution >= 4 is 27.5 Å². The lowest BCUT2D eigenvalue weighted by Crippen LogP contribution is -2.52. The van der Waals surface area contributed by atoms with E-state index in [0.29, 0.717) is 0 Å². The highest BCUT2D eigenvalue weighted by Gasteiger charge is 2.32. The van der Waals surface area contributed by atoms with Gasteiger partial charge in [0.25, 0.3) is 5.91 Å². The van der Waals surface area contributed by atoms with Crippen molar-refractivity contribution in [3.8, 4) is 0 Å². The van der Waals surface area contributed by atoms with E-state index in [9.17, 15) is 4.79 Å². The van der Waals surface area contributed by atoms with Gasteiger partial charge in [0.05, 0.1) is 15.7 Å². The summed E-state index contributed by atoms with van der Waals surface area (Å²) >= 11 is 1.60. The van der Waals surface area contributed by atoms with Crippen LogP contribution in [0.15, 0.2) is 23.7 Å². The second kappa shape index (κ2) is 5.39. The average Bonchev–Trinajstić information content (AvgIpc) is 2.89. The molecule has 0 saturated carbocycles. The van der Waals surface area contributed by atoms with Gasteiger partial charge >= 0.3 is 0 Å². The van der Waals surface area contributed by atoms with Crippen molar-refractivity contribution in [2.24, 2.45) is 0 Å². The van der Waals surface area contributed by atoms with Crippen molar-refractivity contribution < 1.29 is 4.79 Å². The number of nitrogens with zero attached hydrogens (tertiary/aromatic N) is 2. The number of hydrogen-bond acceptors (Lipinski definition) is 4. The van der Waals surface area contributed by atoms with Gasteiger partial charge in [0, 0.05) is 24.2 Å². The standard InChI is InChI=1S/C16H19N3OS/c20-16(11-4-5-15-14(8-11)17-10-21-15)18-12-2-1-3-13-6-7-19(13)9-12/h4-5,8,10,12-13H,1-3,6-7,9H2,(H,18,20)/t12-,13?/m1/s1. The van der Waals surface area contributed by atoms with E-state index < -0.39 is 0 Å². The first-order valence-electron chi connectivity index (χ1n) is 7.68. The monoisotopic (exact) mass is 301 g/mol. The summed E-state index contributed by atoms with van der Waals surface area (Å²) in [6.45, 7) is 2.21. The Morgan fingerprint density at radius 3 is 3.14 bits per heavy atom. The van der Waals surface area contributed by atoms with Gasteiger partial charge in [-0.25, -0.2) is 4.98 Å². The van der Waals surface area contributed by atoms with Crippen LogP contribution in [-0.2, 0) is 0 Å². The molecule has 0 radical (unpaired) electrons. The van der Waals surface area contributed by atoms with Crippen molar-refractivity contribution in [2.45, 2.75) is 37.8 Å². The van der Waals surface area contributed by atoms with Crippen molar-refractivity contribution in [2.75, 3.05) is 13.1 Å². The van der Waals surface area contributed by atoms with Crippen molar-refractivity contribution in [3.05, 3.63) is 29.3 Å². The van der Waals surface area contributed by atoms with Crippen LogP contribution in [0.25, 0.3) is 10.2 Å². The van der Waals surface area contributed by atoms with Gasteiger partial charge in [-0.15, -0.1) is 11.3 Å². The van der Waals surface area contributed by atoms with E-state index in [1.807, 2.05) is 23.7 Å². The van der Waals surface area contributed by atoms with Crippen molar-refractivity contribution in [1.82, 2.24) is 15.2 Å². The maximum atomic E-state index is 12.4. The fraction of sp³-hybridized carbons (Fsp3) is 0.500. The Morgan fingerprint density at radius 2 is 2.29 bits per heavy atom. The summed E-state index contributed by atoms with van der Waals surface area (Å²) in [4.78, 5) is 19.2. The van der Waals surface area contributed by atoms with E-state index in [1.165, 1.54) is 25.8 Å². The topological polar surface area (TPSA) is 45.2 Å². The van der Waals surface area contributed by atoms with Crippen LogP contribution in [0.3, 0.4) is 0 Å². The second-order valence-electron chi connectivity index (χ2n) is 6.07. The molecule has 2 aliphatic rings. The van der Waals surface area contributed by atoms with Crippen molar-refractivity contribution in [3.63, 3.8) is 0 Å². The number of carbonyl (C=O) groups is 1. The normalized spacial score (nSPS) is 25.9. The van der Waals surface area contributed by atoms with Crippen LogP contribution >= 0.6 is 11.3 Å². The largest absolute Gasteiger partial charge is 0.348 e. The maximum Gasteiger partial charge on any atom is 0.251 e. The van der Waals surface area contributed by atoms with Gasteiger partial charge in [0.15, 0.2) is 0 Å². The number of benzene rings is 1. The zero-order valence-corrected chi connectivity index (χ0v) is 12.7. The van der Waals surface area contributed by atoms with E-state index in [0.717, 1.165) is 34.8 Å². The van der Waals surface area contributed by atoms with E-state index in [2.05, 4.69) is 15.2 Å². The summed E-state index contributed by atoms with van der Waals surface area (Å²) in [6.07, 6.45) is 4.94. The Labute approximate surface area is 128 Å². The minimum absolute atomic E-state index is 0.0360. The summed E-state index contributed by atoms with van der Waals surface area (Å²) < 4.78 is 1.13. The Kier molecular flexibility index (Phi) is 3.39. The molecule has 3 heterocycles. The molecule has 2 atom stereocenters. The number of carbonyl (C=O) groups excluding carboxylic acids is 1. The highest BCUT2D eigenvalue weighted by Crippen LogP contribution is 2.27. The average molecular weight is 301 g/mol. The highest BCUT2D eigenvalue weighted by molar-refractivity contribution is 7.16. The summed E-state index contributed by atoms with van der Waals surface area (Å²) in [6, 6.07) is 6.84. The number of nitrogens with one attached hydrogen (secondary N) is 1. The minimum atomic E-state index is 0.0360. The molecule has 1 unspecified atom stereocenters. The molecule has 110 valence electrons. The molecule has 21 heavy (non-hydrogen) atoms. The third kappa shape index (κ3) is 2.56. The zero-order valence-electron chi connectivity index (χ0n) is 11.9. The lowest BCUT2D eigenvalue weighted by atomic mass is 10.00. The molecule has 4 nitrogen and oxygen atoms in total. The quantitative estimate of drug-likeness (QED) is 0.927. The summed E-state index contributed by atoms with van der Waals surface area (Å²) in [7, 11) is 0. The molecule has 1 N–H and O–H groups in total. The Balaban J connectivity index is 1.46. The molecular weight excluding hydrogens is 282 g/mol. The summed E-state index contributed by atoms with van der Waals surface area (Å²) in [5, 5.41) is 3.21. The molecule has 1 aromatic heterocycles. The molecule has 2 saturated heterocycles. The SMILES string of the molecule is O=C(N[C@@H]1CCCC2CCN2C1)c1ccc2scnc2c1. The molecule has 5 heteroatoms. The van der Waals surface area contributed by atoms with Crippen LogP contribution in [0.2, 0.25) is 0 Å². The van der Waals surface area contributed by atoms with Gasteiger partial charge < -0.3 is 5.32 Å². The molecule has 0 aliphatic carbocycles. The number of hydrogen-bond donors (Lipinski definition) is 1. The second-order valence-corrected chi connectivity index (χ2v) is 6.96. The number of thiazole rings is 1. The van der Waals surface area contributed by atoms with E-state index >= 15 is 0 Å². The third-order valence-electron chi connectivity index (χ3n) is 4.74. The zero-order chi connectivity index (χ0) is 14.2. The Morgan fingerprint density at radius 1 is 1.33 bits per heavy atom. The molecule has 2 aromatic rings. The predicted molar refractivity (Wildman–Crippen MR) is 84.7 cm³/mol. The molecule has 4 rings (SSSR count).